The minimum Gasteiger partial charge on any atom is -0.243 e. The first-order valence-electron chi connectivity index (χ1n) is 4.39. The molecule has 0 N–H and O–H groups in total. The van der Waals surface area contributed by atoms with Gasteiger partial charge in [0.25, 0.3) is 6.43 Å². The van der Waals surface area contributed by atoms with Crippen molar-refractivity contribution in [3.05, 3.63) is 34.5 Å². The highest BCUT2D eigenvalue weighted by Gasteiger charge is 2.12. The first-order valence-corrected chi connectivity index (χ1v) is 5.14. The number of hydrogen-bond donors (Lipinski definition) is 0. The lowest BCUT2D eigenvalue weighted by Gasteiger charge is -2.02. The summed E-state index contributed by atoms with van der Waals surface area (Å²) in [7, 11) is 0. The zero-order valence-electron chi connectivity index (χ0n) is 8.11. The Kier molecular flexibility index (Phi) is 3.44. The van der Waals surface area contributed by atoms with Crippen molar-refractivity contribution in [2.45, 2.75) is 6.43 Å². The van der Waals surface area contributed by atoms with Gasteiger partial charge in [-0.05, 0) is 35.3 Å². The van der Waals surface area contributed by atoms with Crippen LogP contribution in [0.1, 0.15) is 12.1 Å². The lowest BCUT2D eigenvalue weighted by molar-refractivity contribution is 0.146. The zero-order chi connectivity index (χ0) is 12.4. The Morgan fingerprint density at radius 3 is 2.18 bits per heavy atom. The summed E-state index contributed by atoms with van der Waals surface area (Å²) < 4.78 is 24.9. The van der Waals surface area contributed by atoms with Crippen molar-refractivity contribution in [2.75, 3.05) is 0 Å². The van der Waals surface area contributed by atoms with Gasteiger partial charge in [-0.25, -0.2) is 13.8 Å². The highest BCUT2D eigenvalue weighted by atomic mass is 35.5. The van der Waals surface area contributed by atoms with Crippen molar-refractivity contribution < 1.29 is 8.78 Å². The maximum absolute atomic E-state index is 12.5. The number of pyridine rings is 1. The highest BCUT2D eigenvalue weighted by Crippen LogP contribution is 2.21. The number of hydrogen-bond acceptors (Lipinski definition) is 4. The molecule has 0 bridgehead atoms. The van der Waals surface area contributed by atoms with Crippen LogP contribution in [-0.2, 0) is 0 Å². The molecular formula is C9H4Cl2F2N4. The van der Waals surface area contributed by atoms with E-state index in [-0.39, 0.29) is 27.8 Å². The van der Waals surface area contributed by atoms with E-state index in [9.17, 15) is 8.78 Å². The minimum atomic E-state index is -2.66. The highest BCUT2D eigenvalue weighted by molar-refractivity contribution is 6.31. The molecule has 2 rings (SSSR count). The lowest BCUT2D eigenvalue weighted by Crippen LogP contribution is -1.98. The second-order valence-electron chi connectivity index (χ2n) is 2.95. The van der Waals surface area contributed by atoms with Crippen LogP contribution in [0, 0.1) is 0 Å². The van der Waals surface area contributed by atoms with Gasteiger partial charge in [-0.2, -0.15) is 15.0 Å². The molecule has 0 unspecified atom stereocenters. The number of aromatic nitrogens is 4. The molecule has 2 heterocycles. The molecule has 0 saturated carbocycles. The van der Waals surface area contributed by atoms with Crippen molar-refractivity contribution >= 4 is 23.2 Å². The standard InChI is InChI=1S/C9H4Cl2F2N4/c10-8-15-7(16-9(11)17-8)5-3-1-2-4(14-5)6(12)13/h1-3,6H. The van der Waals surface area contributed by atoms with E-state index >= 15 is 0 Å². The first kappa shape index (κ1) is 12.1. The number of halogens is 4. The average Bonchev–Trinajstić information content (AvgIpc) is 2.28. The summed E-state index contributed by atoms with van der Waals surface area (Å²) in [6, 6.07) is 4.11. The van der Waals surface area contributed by atoms with Crippen molar-refractivity contribution in [2.24, 2.45) is 0 Å². The van der Waals surface area contributed by atoms with Gasteiger partial charge in [0.2, 0.25) is 10.6 Å². The maximum Gasteiger partial charge on any atom is 0.280 e. The molecule has 0 aliphatic rings. The second kappa shape index (κ2) is 4.85. The molecule has 4 nitrogen and oxygen atoms in total. The number of alkyl halides is 2. The molecule has 0 aliphatic carbocycles. The third-order valence-corrected chi connectivity index (χ3v) is 2.14. The molecule has 2 aromatic heterocycles. The molecule has 0 aromatic carbocycles. The minimum absolute atomic E-state index is 0.0532. The van der Waals surface area contributed by atoms with Crippen molar-refractivity contribution in [3.63, 3.8) is 0 Å². The Bertz CT molecular complexity index is 530. The number of nitrogens with zero attached hydrogens (tertiary/aromatic N) is 4. The van der Waals surface area contributed by atoms with Gasteiger partial charge in [0, 0.05) is 0 Å². The van der Waals surface area contributed by atoms with Gasteiger partial charge in [0.05, 0.1) is 0 Å². The van der Waals surface area contributed by atoms with E-state index in [4.69, 9.17) is 23.2 Å². The van der Waals surface area contributed by atoms with E-state index in [2.05, 4.69) is 19.9 Å². The predicted molar refractivity (Wildman–Crippen MR) is 58.0 cm³/mol. The molecule has 0 amide bonds. The molecule has 0 fully saturated rings. The van der Waals surface area contributed by atoms with Crippen LogP contribution in [0.5, 0.6) is 0 Å². The molecule has 0 aliphatic heterocycles. The van der Waals surface area contributed by atoms with Crippen LogP contribution in [0.25, 0.3) is 11.5 Å². The van der Waals surface area contributed by atoms with Crippen molar-refractivity contribution in [1.82, 2.24) is 19.9 Å². The molecule has 0 spiro atoms. The molecule has 8 heteroatoms. The molecule has 0 atom stereocenters. The Morgan fingerprint density at radius 1 is 0.941 bits per heavy atom. The van der Waals surface area contributed by atoms with Gasteiger partial charge in [-0.1, -0.05) is 6.07 Å². The van der Waals surface area contributed by atoms with Crippen LogP contribution in [0.4, 0.5) is 8.78 Å². The fraction of sp³-hybridized carbons (Fsp3) is 0.111. The smallest absolute Gasteiger partial charge is 0.243 e. The second-order valence-corrected chi connectivity index (χ2v) is 3.62. The molecule has 17 heavy (non-hydrogen) atoms. The van der Waals surface area contributed by atoms with Gasteiger partial charge in [0.1, 0.15) is 11.4 Å². The predicted octanol–water partition coefficient (Wildman–Crippen LogP) is 3.18. The largest absolute Gasteiger partial charge is 0.280 e. The molecular weight excluding hydrogens is 273 g/mol. The summed E-state index contributed by atoms with van der Waals surface area (Å²) in [5.41, 5.74) is -0.204. The lowest BCUT2D eigenvalue weighted by atomic mass is 10.3. The SMILES string of the molecule is FC(F)c1cccc(-c2nc(Cl)nc(Cl)n2)n1. The van der Waals surface area contributed by atoms with Gasteiger partial charge in [0.15, 0.2) is 5.82 Å². The monoisotopic (exact) mass is 276 g/mol. The molecule has 0 radical (unpaired) electrons. The third-order valence-electron chi connectivity index (χ3n) is 1.80. The van der Waals surface area contributed by atoms with E-state index in [0.717, 1.165) is 0 Å². The summed E-state index contributed by atoms with van der Waals surface area (Å²) in [6.07, 6.45) is -2.66. The summed E-state index contributed by atoms with van der Waals surface area (Å²) in [5, 5.41) is -0.242. The van der Waals surface area contributed by atoms with Gasteiger partial charge >= 0.3 is 0 Å². The Labute approximate surface area is 105 Å². The zero-order valence-corrected chi connectivity index (χ0v) is 9.62. The molecule has 0 saturated heterocycles. The van der Waals surface area contributed by atoms with E-state index in [1.54, 1.807) is 0 Å². The van der Waals surface area contributed by atoms with Gasteiger partial charge < -0.3 is 0 Å². The quantitative estimate of drug-likeness (QED) is 0.845. The van der Waals surface area contributed by atoms with Crippen molar-refractivity contribution in [1.29, 1.82) is 0 Å². The normalized spacial score (nSPS) is 10.9. The average molecular weight is 277 g/mol. The maximum atomic E-state index is 12.5. The van der Waals surface area contributed by atoms with Gasteiger partial charge in [-0.3, -0.25) is 0 Å². The summed E-state index contributed by atoms with van der Waals surface area (Å²) in [6.45, 7) is 0. The van der Waals surface area contributed by atoms with E-state index in [1.807, 2.05) is 0 Å². The van der Waals surface area contributed by atoms with Gasteiger partial charge in [-0.15, -0.1) is 0 Å². The van der Waals surface area contributed by atoms with Crippen LogP contribution in [0.3, 0.4) is 0 Å². The summed E-state index contributed by atoms with van der Waals surface area (Å²) >= 11 is 11.2. The number of rotatable bonds is 2. The van der Waals surface area contributed by atoms with Crippen LogP contribution < -0.4 is 0 Å². The molecule has 2 aromatic rings. The topological polar surface area (TPSA) is 51.6 Å². The van der Waals surface area contributed by atoms with Crippen LogP contribution in [-0.4, -0.2) is 19.9 Å². The first-order chi connectivity index (χ1) is 8.06. The van der Waals surface area contributed by atoms with Crippen molar-refractivity contribution in [3.8, 4) is 11.5 Å². The van der Waals surface area contributed by atoms with Crippen LogP contribution in [0.15, 0.2) is 18.2 Å². The Balaban J connectivity index is 2.49. The van der Waals surface area contributed by atoms with Crippen LogP contribution >= 0.6 is 23.2 Å². The third kappa shape index (κ3) is 2.83. The van der Waals surface area contributed by atoms with E-state index in [0.29, 0.717) is 0 Å². The summed E-state index contributed by atoms with van der Waals surface area (Å²) in [4.78, 5) is 14.8. The molecule has 88 valence electrons. The van der Waals surface area contributed by atoms with E-state index < -0.39 is 6.43 Å². The Hall–Kier alpha value is -1.40. The Morgan fingerprint density at radius 2 is 1.59 bits per heavy atom. The van der Waals surface area contributed by atoms with E-state index in [1.165, 1.54) is 18.2 Å². The fourth-order valence-electron chi connectivity index (χ4n) is 1.14. The summed E-state index contributed by atoms with van der Waals surface area (Å²) in [5.74, 6) is 0.0532. The fourth-order valence-corrected chi connectivity index (χ4v) is 1.50. The van der Waals surface area contributed by atoms with Crippen LogP contribution in [0.2, 0.25) is 10.6 Å².